The summed E-state index contributed by atoms with van der Waals surface area (Å²) in [4.78, 5) is 6.85. The minimum absolute atomic E-state index is 0.330. The lowest BCUT2D eigenvalue weighted by atomic mass is 10.1. The van der Waals surface area contributed by atoms with Gasteiger partial charge in [-0.25, -0.2) is 0 Å². The molecule has 0 spiro atoms. The van der Waals surface area contributed by atoms with Crippen molar-refractivity contribution >= 4 is 29.1 Å². The zero-order valence-electron chi connectivity index (χ0n) is 19.0. The number of nitrogens with zero attached hydrogens (tertiary/aromatic N) is 5. The van der Waals surface area contributed by atoms with E-state index in [0.717, 1.165) is 59.1 Å². The standard InChI is InChI=1S/C25H30ClN5OS/c1-2-3-4-11-32-23-15-30(16-23)22-12-19(13-27-14-22)24-28-29-25(31(24)21-9-10-21)33-17-18-5-7-20(26)8-6-18/h5-8,12-14,21,23H,2-4,9-11,15-17H2,1H3. The van der Waals surface area contributed by atoms with Crippen molar-refractivity contribution in [3.05, 3.63) is 53.3 Å². The van der Waals surface area contributed by atoms with Crippen LogP contribution in [0.25, 0.3) is 11.4 Å². The largest absolute Gasteiger partial charge is 0.375 e. The van der Waals surface area contributed by atoms with Crippen LogP contribution < -0.4 is 4.90 Å². The van der Waals surface area contributed by atoms with Crippen molar-refractivity contribution in [2.45, 2.75) is 62.1 Å². The van der Waals surface area contributed by atoms with Gasteiger partial charge in [0.15, 0.2) is 11.0 Å². The van der Waals surface area contributed by atoms with Gasteiger partial charge in [-0.3, -0.25) is 9.55 Å². The molecule has 8 heteroatoms. The number of pyridine rings is 1. The Morgan fingerprint density at radius 1 is 1.09 bits per heavy atom. The molecule has 1 aromatic carbocycles. The molecule has 1 aliphatic heterocycles. The third-order valence-electron chi connectivity index (χ3n) is 6.15. The molecule has 1 aliphatic carbocycles. The predicted molar refractivity (Wildman–Crippen MR) is 134 cm³/mol. The van der Waals surface area contributed by atoms with Crippen LogP contribution in [0.5, 0.6) is 0 Å². The minimum atomic E-state index is 0.330. The third kappa shape index (κ3) is 5.53. The fraction of sp³-hybridized carbons (Fsp3) is 0.480. The molecule has 33 heavy (non-hydrogen) atoms. The molecule has 0 unspecified atom stereocenters. The van der Waals surface area contributed by atoms with E-state index in [1.807, 2.05) is 24.5 Å². The monoisotopic (exact) mass is 483 g/mol. The van der Waals surface area contributed by atoms with Gasteiger partial charge in [-0.05, 0) is 43.0 Å². The maximum Gasteiger partial charge on any atom is 0.192 e. The first kappa shape index (κ1) is 22.7. The summed E-state index contributed by atoms with van der Waals surface area (Å²) in [6, 6.07) is 10.7. The molecular weight excluding hydrogens is 454 g/mol. The summed E-state index contributed by atoms with van der Waals surface area (Å²) in [7, 11) is 0. The van der Waals surface area contributed by atoms with Crippen LogP contribution in [0.1, 0.15) is 50.6 Å². The lowest BCUT2D eigenvalue weighted by molar-refractivity contribution is 0.0322. The second-order valence-corrected chi connectivity index (χ2v) is 10.2. The molecule has 2 aromatic heterocycles. The van der Waals surface area contributed by atoms with E-state index in [4.69, 9.17) is 16.3 Å². The molecule has 2 fully saturated rings. The Labute approximate surface area is 204 Å². The number of hydrogen-bond acceptors (Lipinski definition) is 6. The van der Waals surface area contributed by atoms with Crippen molar-refractivity contribution in [1.29, 1.82) is 0 Å². The third-order valence-corrected chi connectivity index (χ3v) is 7.42. The fourth-order valence-electron chi connectivity index (χ4n) is 4.04. The zero-order chi connectivity index (χ0) is 22.6. The van der Waals surface area contributed by atoms with Crippen molar-refractivity contribution < 1.29 is 4.74 Å². The van der Waals surface area contributed by atoms with E-state index in [1.165, 1.54) is 31.2 Å². The second-order valence-electron chi connectivity index (χ2n) is 8.86. The zero-order valence-corrected chi connectivity index (χ0v) is 20.6. The highest BCUT2D eigenvalue weighted by atomic mass is 35.5. The van der Waals surface area contributed by atoms with Gasteiger partial charge in [0.1, 0.15) is 0 Å². The molecule has 174 valence electrons. The Morgan fingerprint density at radius 2 is 1.91 bits per heavy atom. The number of ether oxygens (including phenoxy) is 1. The van der Waals surface area contributed by atoms with Gasteiger partial charge < -0.3 is 9.64 Å². The quantitative estimate of drug-likeness (QED) is 0.245. The van der Waals surface area contributed by atoms with Crippen molar-refractivity contribution in [2.75, 3.05) is 24.6 Å². The van der Waals surface area contributed by atoms with Crippen molar-refractivity contribution in [3.8, 4) is 11.4 Å². The number of halogens is 1. The van der Waals surface area contributed by atoms with Crippen LogP contribution in [-0.4, -0.2) is 45.5 Å². The van der Waals surface area contributed by atoms with E-state index in [0.29, 0.717) is 12.1 Å². The molecule has 2 aliphatic rings. The van der Waals surface area contributed by atoms with Crippen LogP contribution in [0, 0.1) is 0 Å². The Hall–Kier alpha value is -2.09. The highest BCUT2D eigenvalue weighted by molar-refractivity contribution is 7.98. The maximum atomic E-state index is 6.02. The van der Waals surface area contributed by atoms with E-state index >= 15 is 0 Å². The highest BCUT2D eigenvalue weighted by Crippen LogP contribution is 2.42. The summed E-state index contributed by atoms with van der Waals surface area (Å²) in [6.45, 7) is 4.94. The first-order valence-electron chi connectivity index (χ1n) is 11.9. The smallest absolute Gasteiger partial charge is 0.192 e. The first-order valence-corrected chi connectivity index (χ1v) is 13.2. The number of rotatable bonds is 11. The lowest BCUT2D eigenvalue weighted by Crippen LogP contribution is -2.52. The average molecular weight is 484 g/mol. The number of thioether (sulfide) groups is 1. The van der Waals surface area contributed by atoms with Gasteiger partial charge >= 0.3 is 0 Å². The van der Waals surface area contributed by atoms with Gasteiger partial charge in [-0.2, -0.15) is 0 Å². The molecule has 3 aromatic rings. The molecule has 1 saturated carbocycles. The van der Waals surface area contributed by atoms with Crippen LogP contribution in [-0.2, 0) is 10.5 Å². The number of benzene rings is 1. The highest BCUT2D eigenvalue weighted by Gasteiger charge is 2.31. The Balaban J connectivity index is 1.25. The molecule has 0 amide bonds. The van der Waals surface area contributed by atoms with E-state index in [-0.39, 0.29) is 0 Å². The summed E-state index contributed by atoms with van der Waals surface area (Å²) in [5, 5.41) is 10.9. The van der Waals surface area contributed by atoms with Crippen LogP contribution in [0.2, 0.25) is 5.02 Å². The summed E-state index contributed by atoms with van der Waals surface area (Å²) in [5.41, 5.74) is 3.38. The molecule has 1 saturated heterocycles. The van der Waals surface area contributed by atoms with E-state index < -0.39 is 0 Å². The number of aromatic nitrogens is 4. The summed E-state index contributed by atoms with van der Waals surface area (Å²) >= 11 is 7.74. The second kappa shape index (κ2) is 10.5. The molecule has 5 rings (SSSR count). The normalized spacial score (nSPS) is 16.2. The summed E-state index contributed by atoms with van der Waals surface area (Å²) < 4.78 is 8.28. The van der Waals surface area contributed by atoms with Crippen molar-refractivity contribution in [3.63, 3.8) is 0 Å². The van der Waals surface area contributed by atoms with Crippen molar-refractivity contribution in [1.82, 2.24) is 19.7 Å². The first-order chi connectivity index (χ1) is 16.2. The fourth-order valence-corrected chi connectivity index (χ4v) is 5.13. The lowest BCUT2D eigenvalue weighted by Gasteiger charge is -2.40. The molecular formula is C25H30ClN5OS. The predicted octanol–water partition coefficient (Wildman–Crippen LogP) is 6.02. The number of hydrogen-bond donors (Lipinski definition) is 0. The molecule has 6 nitrogen and oxygen atoms in total. The Bertz CT molecular complexity index is 1060. The van der Waals surface area contributed by atoms with Gasteiger partial charge in [-0.15, -0.1) is 10.2 Å². The van der Waals surface area contributed by atoms with E-state index in [1.54, 1.807) is 11.8 Å². The molecule has 0 bridgehead atoms. The Morgan fingerprint density at radius 3 is 2.67 bits per heavy atom. The molecule has 0 N–H and O–H groups in total. The summed E-state index contributed by atoms with van der Waals surface area (Å²) in [6.07, 6.45) is 10.1. The number of anilines is 1. The van der Waals surface area contributed by atoms with Gasteiger partial charge in [0.25, 0.3) is 0 Å². The van der Waals surface area contributed by atoms with Gasteiger partial charge in [0.2, 0.25) is 0 Å². The Kier molecular flexibility index (Phi) is 7.19. The average Bonchev–Trinajstić information content (AvgIpc) is 3.56. The van der Waals surface area contributed by atoms with Crippen LogP contribution in [0.3, 0.4) is 0 Å². The van der Waals surface area contributed by atoms with Crippen LogP contribution in [0.15, 0.2) is 47.9 Å². The van der Waals surface area contributed by atoms with Gasteiger partial charge in [-0.1, -0.05) is 55.3 Å². The molecule has 3 heterocycles. The SMILES string of the molecule is CCCCCOC1CN(c2cncc(-c3nnc(SCc4ccc(Cl)cc4)n3C3CC3)c2)C1. The van der Waals surface area contributed by atoms with Crippen molar-refractivity contribution in [2.24, 2.45) is 0 Å². The van der Waals surface area contributed by atoms with E-state index in [2.05, 4.69) is 49.8 Å². The number of unbranched alkanes of at least 4 members (excludes halogenated alkanes) is 2. The minimum Gasteiger partial charge on any atom is -0.375 e. The topological polar surface area (TPSA) is 56.1 Å². The van der Waals surface area contributed by atoms with Gasteiger partial charge in [0, 0.05) is 48.3 Å². The molecule has 0 radical (unpaired) electrons. The van der Waals surface area contributed by atoms with Crippen LogP contribution >= 0.6 is 23.4 Å². The van der Waals surface area contributed by atoms with Crippen LogP contribution in [0.4, 0.5) is 5.69 Å². The van der Waals surface area contributed by atoms with E-state index in [9.17, 15) is 0 Å². The summed E-state index contributed by atoms with van der Waals surface area (Å²) in [5.74, 6) is 1.76. The maximum absolute atomic E-state index is 6.02. The molecule has 0 atom stereocenters. The van der Waals surface area contributed by atoms with Gasteiger partial charge in [0.05, 0.1) is 18.0 Å².